The SMILES string of the molecule is CCN(CCN=[N+]=[N-])C1CCCCC1. The lowest BCUT2D eigenvalue weighted by Gasteiger charge is -2.33. The lowest BCUT2D eigenvalue weighted by Crippen LogP contribution is -2.38. The van der Waals surface area contributed by atoms with Gasteiger partial charge in [0, 0.05) is 24.0 Å². The summed E-state index contributed by atoms with van der Waals surface area (Å²) in [7, 11) is 0. The van der Waals surface area contributed by atoms with Crippen molar-refractivity contribution in [2.24, 2.45) is 5.11 Å². The van der Waals surface area contributed by atoms with Gasteiger partial charge in [0.05, 0.1) is 0 Å². The molecule has 0 aromatic carbocycles. The molecule has 14 heavy (non-hydrogen) atoms. The summed E-state index contributed by atoms with van der Waals surface area (Å²) in [6.45, 7) is 4.79. The zero-order valence-corrected chi connectivity index (χ0v) is 9.02. The number of azide groups is 1. The van der Waals surface area contributed by atoms with Gasteiger partial charge < -0.3 is 4.90 Å². The third kappa shape index (κ3) is 3.56. The predicted octanol–water partition coefficient (Wildman–Crippen LogP) is 2.95. The summed E-state index contributed by atoms with van der Waals surface area (Å²) >= 11 is 0. The van der Waals surface area contributed by atoms with Gasteiger partial charge >= 0.3 is 0 Å². The lowest BCUT2D eigenvalue weighted by molar-refractivity contribution is 0.168. The largest absolute Gasteiger partial charge is 0.301 e. The Labute approximate surface area is 85.9 Å². The van der Waals surface area contributed by atoms with Gasteiger partial charge in [0.25, 0.3) is 0 Å². The molecule has 1 rings (SSSR count). The molecule has 0 heterocycles. The number of hydrogen-bond acceptors (Lipinski definition) is 2. The Morgan fingerprint density at radius 1 is 1.36 bits per heavy atom. The normalized spacial score (nSPS) is 18.1. The van der Waals surface area contributed by atoms with Crippen LogP contribution in [0.2, 0.25) is 0 Å². The first-order valence-electron chi connectivity index (χ1n) is 5.63. The zero-order valence-electron chi connectivity index (χ0n) is 9.02. The van der Waals surface area contributed by atoms with Crippen LogP contribution in [0.1, 0.15) is 39.0 Å². The van der Waals surface area contributed by atoms with Crippen molar-refractivity contribution in [1.82, 2.24) is 4.90 Å². The fraction of sp³-hybridized carbons (Fsp3) is 1.00. The van der Waals surface area contributed by atoms with Crippen LogP contribution in [-0.4, -0.2) is 30.6 Å². The second kappa shape index (κ2) is 6.68. The minimum Gasteiger partial charge on any atom is -0.301 e. The molecule has 1 aliphatic rings. The van der Waals surface area contributed by atoms with Crippen molar-refractivity contribution in [3.63, 3.8) is 0 Å². The highest BCUT2D eigenvalue weighted by Gasteiger charge is 2.18. The monoisotopic (exact) mass is 196 g/mol. The van der Waals surface area contributed by atoms with Gasteiger partial charge in [-0.05, 0) is 24.9 Å². The molecule has 0 radical (unpaired) electrons. The second-order valence-corrected chi connectivity index (χ2v) is 3.87. The molecule has 80 valence electrons. The van der Waals surface area contributed by atoms with Crippen LogP contribution in [0.25, 0.3) is 10.4 Å². The molecule has 0 spiro atoms. The number of likely N-dealkylation sites (N-methyl/N-ethyl adjacent to an activating group) is 1. The van der Waals surface area contributed by atoms with E-state index < -0.39 is 0 Å². The van der Waals surface area contributed by atoms with Crippen molar-refractivity contribution in [2.75, 3.05) is 19.6 Å². The van der Waals surface area contributed by atoms with Crippen LogP contribution in [0.3, 0.4) is 0 Å². The van der Waals surface area contributed by atoms with Gasteiger partial charge in [-0.1, -0.05) is 31.3 Å². The third-order valence-electron chi connectivity index (χ3n) is 3.05. The van der Waals surface area contributed by atoms with Crippen molar-refractivity contribution in [2.45, 2.75) is 45.1 Å². The molecule has 0 aromatic rings. The van der Waals surface area contributed by atoms with Crippen LogP contribution in [-0.2, 0) is 0 Å². The Morgan fingerprint density at radius 2 is 2.07 bits per heavy atom. The van der Waals surface area contributed by atoms with Crippen LogP contribution in [0.4, 0.5) is 0 Å². The summed E-state index contributed by atoms with van der Waals surface area (Å²) in [5.74, 6) is 0. The molecule has 0 N–H and O–H groups in total. The summed E-state index contributed by atoms with van der Waals surface area (Å²) in [5.41, 5.74) is 8.20. The fourth-order valence-electron chi connectivity index (χ4n) is 2.26. The van der Waals surface area contributed by atoms with Gasteiger partial charge in [-0.2, -0.15) is 0 Å². The molecule has 0 aromatic heterocycles. The van der Waals surface area contributed by atoms with Gasteiger partial charge in [-0.15, -0.1) is 0 Å². The molecule has 0 bridgehead atoms. The minimum atomic E-state index is 0.612. The van der Waals surface area contributed by atoms with E-state index in [0.717, 1.165) is 19.1 Å². The number of hydrogen-bond donors (Lipinski definition) is 0. The first kappa shape index (κ1) is 11.3. The molecular formula is C10H20N4. The van der Waals surface area contributed by atoms with Crippen molar-refractivity contribution in [3.8, 4) is 0 Å². The summed E-state index contributed by atoms with van der Waals surface area (Å²) in [6, 6.07) is 0.739. The molecule has 1 aliphatic carbocycles. The molecule has 0 saturated heterocycles. The van der Waals surface area contributed by atoms with E-state index in [0.29, 0.717) is 6.54 Å². The summed E-state index contributed by atoms with van der Waals surface area (Å²) in [4.78, 5) is 5.24. The standard InChI is InChI=1S/C10H20N4/c1-2-14(9-8-12-13-11)10-6-4-3-5-7-10/h10H,2-9H2,1H3. The van der Waals surface area contributed by atoms with Gasteiger partial charge in [-0.25, -0.2) is 0 Å². The number of rotatable bonds is 5. The van der Waals surface area contributed by atoms with Crippen molar-refractivity contribution >= 4 is 0 Å². The summed E-state index contributed by atoms with van der Waals surface area (Å²) in [6.07, 6.45) is 6.77. The quantitative estimate of drug-likeness (QED) is 0.379. The van der Waals surface area contributed by atoms with E-state index in [1.807, 2.05) is 0 Å². The van der Waals surface area contributed by atoms with E-state index >= 15 is 0 Å². The highest BCUT2D eigenvalue weighted by Crippen LogP contribution is 2.22. The summed E-state index contributed by atoms with van der Waals surface area (Å²) < 4.78 is 0. The van der Waals surface area contributed by atoms with Crippen LogP contribution >= 0.6 is 0 Å². The Kier molecular flexibility index (Phi) is 5.42. The molecule has 4 heteroatoms. The highest BCUT2D eigenvalue weighted by atomic mass is 15.2. The molecule has 0 amide bonds. The predicted molar refractivity (Wildman–Crippen MR) is 58.1 cm³/mol. The second-order valence-electron chi connectivity index (χ2n) is 3.87. The molecule has 0 atom stereocenters. The average molecular weight is 196 g/mol. The zero-order chi connectivity index (χ0) is 10.2. The molecular weight excluding hydrogens is 176 g/mol. The van der Waals surface area contributed by atoms with E-state index in [-0.39, 0.29) is 0 Å². The Balaban J connectivity index is 2.31. The third-order valence-corrected chi connectivity index (χ3v) is 3.05. The van der Waals surface area contributed by atoms with Crippen LogP contribution in [0.5, 0.6) is 0 Å². The maximum absolute atomic E-state index is 8.20. The molecule has 4 nitrogen and oxygen atoms in total. The Bertz CT molecular complexity index is 192. The van der Waals surface area contributed by atoms with Crippen molar-refractivity contribution < 1.29 is 0 Å². The van der Waals surface area contributed by atoms with Gasteiger partial charge in [0.1, 0.15) is 0 Å². The van der Waals surface area contributed by atoms with E-state index in [9.17, 15) is 0 Å². The Morgan fingerprint density at radius 3 is 2.64 bits per heavy atom. The van der Waals surface area contributed by atoms with Gasteiger partial charge in [0.2, 0.25) is 0 Å². The molecule has 1 saturated carbocycles. The first-order chi connectivity index (χ1) is 6.88. The van der Waals surface area contributed by atoms with E-state index in [4.69, 9.17) is 5.53 Å². The lowest BCUT2D eigenvalue weighted by atomic mass is 9.94. The minimum absolute atomic E-state index is 0.612. The van der Waals surface area contributed by atoms with E-state index in [1.165, 1.54) is 32.1 Å². The average Bonchev–Trinajstić information content (AvgIpc) is 2.26. The number of nitrogens with zero attached hydrogens (tertiary/aromatic N) is 4. The van der Waals surface area contributed by atoms with Crippen LogP contribution in [0, 0.1) is 0 Å². The van der Waals surface area contributed by atoms with Crippen molar-refractivity contribution in [3.05, 3.63) is 10.4 Å². The van der Waals surface area contributed by atoms with Crippen molar-refractivity contribution in [1.29, 1.82) is 0 Å². The van der Waals surface area contributed by atoms with E-state index in [1.54, 1.807) is 0 Å². The molecule has 0 unspecified atom stereocenters. The smallest absolute Gasteiger partial charge is 0.0385 e. The maximum Gasteiger partial charge on any atom is 0.0385 e. The van der Waals surface area contributed by atoms with Crippen LogP contribution < -0.4 is 0 Å². The maximum atomic E-state index is 8.20. The topological polar surface area (TPSA) is 52.0 Å². The first-order valence-corrected chi connectivity index (χ1v) is 5.63. The van der Waals surface area contributed by atoms with E-state index in [2.05, 4.69) is 21.8 Å². The van der Waals surface area contributed by atoms with Gasteiger partial charge in [0.15, 0.2) is 0 Å². The van der Waals surface area contributed by atoms with Crippen LogP contribution in [0.15, 0.2) is 5.11 Å². The summed E-state index contributed by atoms with van der Waals surface area (Å²) in [5, 5.41) is 3.59. The Hall–Kier alpha value is -0.730. The fourth-order valence-corrected chi connectivity index (χ4v) is 2.26. The molecule has 0 aliphatic heterocycles. The molecule has 1 fully saturated rings. The highest BCUT2D eigenvalue weighted by molar-refractivity contribution is 4.75. The van der Waals surface area contributed by atoms with Gasteiger partial charge in [-0.3, -0.25) is 0 Å².